The summed E-state index contributed by atoms with van der Waals surface area (Å²) in [4.78, 5) is 29.0. The van der Waals surface area contributed by atoms with Crippen molar-refractivity contribution in [1.82, 2.24) is 20.4 Å². The van der Waals surface area contributed by atoms with Crippen LogP contribution in [0.2, 0.25) is 0 Å². The van der Waals surface area contributed by atoms with Crippen LogP contribution in [0.25, 0.3) is 21.5 Å². The van der Waals surface area contributed by atoms with Crippen molar-refractivity contribution in [2.75, 3.05) is 0 Å². The molecule has 4 aromatic rings. The lowest BCUT2D eigenvalue weighted by Gasteiger charge is -2.05. The molecule has 26 heavy (non-hydrogen) atoms. The number of nitrogens with zero attached hydrogens (tertiary/aromatic N) is 2. The molecule has 3 heterocycles. The number of amides is 2. The molecule has 0 atom stereocenters. The third kappa shape index (κ3) is 3.00. The van der Waals surface area contributed by atoms with Crippen molar-refractivity contribution in [3.05, 3.63) is 63.9 Å². The number of rotatable bonds is 3. The summed E-state index contributed by atoms with van der Waals surface area (Å²) in [6.07, 6.45) is 1.74. The first-order valence-corrected chi connectivity index (χ1v) is 9.58. The summed E-state index contributed by atoms with van der Waals surface area (Å²) >= 11 is 2.96. The molecule has 8 heteroatoms. The van der Waals surface area contributed by atoms with Crippen LogP contribution in [-0.2, 0) is 7.05 Å². The smallest absolute Gasteiger partial charge is 0.289 e. The van der Waals surface area contributed by atoms with Gasteiger partial charge in [-0.2, -0.15) is 11.3 Å². The van der Waals surface area contributed by atoms with E-state index in [2.05, 4.69) is 15.8 Å². The fraction of sp³-hybridized carbons (Fsp3) is 0.0556. The molecule has 0 saturated heterocycles. The molecule has 0 aliphatic carbocycles. The average Bonchev–Trinajstić information content (AvgIpc) is 3.39. The van der Waals surface area contributed by atoms with Gasteiger partial charge in [0.15, 0.2) is 0 Å². The zero-order chi connectivity index (χ0) is 18.1. The summed E-state index contributed by atoms with van der Waals surface area (Å²) in [7, 11) is 1.87. The zero-order valence-corrected chi connectivity index (χ0v) is 15.4. The monoisotopic (exact) mass is 382 g/mol. The maximum Gasteiger partial charge on any atom is 0.289 e. The molecule has 130 valence electrons. The number of aryl methyl sites for hydroxylation is 1. The van der Waals surface area contributed by atoms with E-state index in [0.29, 0.717) is 5.56 Å². The van der Waals surface area contributed by atoms with Crippen molar-refractivity contribution in [2.45, 2.75) is 0 Å². The molecular formula is C18H14N4O2S2. The highest BCUT2D eigenvalue weighted by molar-refractivity contribution is 7.14. The molecule has 1 aromatic carbocycles. The van der Waals surface area contributed by atoms with Crippen LogP contribution in [0.3, 0.4) is 0 Å². The summed E-state index contributed by atoms with van der Waals surface area (Å²) in [6.45, 7) is 0. The predicted octanol–water partition coefficient (Wildman–Crippen LogP) is 3.44. The number of hydrogen-bond donors (Lipinski definition) is 2. The van der Waals surface area contributed by atoms with Crippen molar-refractivity contribution in [2.24, 2.45) is 7.05 Å². The van der Waals surface area contributed by atoms with Gasteiger partial charge < -0.3 is 4.57 Å². The summed E-state index contributed by atoms with van der Waals surface area (Å²) in [5.41, 5.74) is 7.60. The Hall–Kier alpha value is -2.97. The Bertz CT molecular complexity index is 1100. The molecule has 0 spiro atoms. The lowest BCUT2D eigenvalue weighted by atomic mass is 10.2. The van der Waals surface area contributed by atoms with E-state index in [9.17, 15) is 9.59 Å². The van der Waals surface area contributed by atoms with Crippen LogP contribution in [0.1, 0.15) is 20.8 Å². The minimum atomic E-state index is -0.448. The molecule has 0 fully saturated rings. The lowest BCUT2D eigenvalue weighted by molar-refractivity contribution is 0.0845. The van der Waals surface area contributed by atoms with Crippen LogP contribution >= 0.6 is 22.7 Å². The van der Waals surface area contributed by atoms with Gasteiger partial charge >= 0.3 is 0 Å². The molecule has 6 nitrogen and oxygen atoms in total. The molecule has 0 aliphatic rings. The van der Waals surface area contributed by atoms with Crippen LogP contribution in [0.5, 0.6) is 0 Å². The maximum atomic E-state index is 12.4. The van der Waals surface area contributed by atoms with Crippen LogP contribution < -0.4 is 10.9 Å². The van der Waals surface area contributed by atoms with E-state index in [-0.39, 0.29) is 11.6 Å². The van der Waals surface area contributed by atoms with Crippen molar-refractivity contribution in [3.63, 3.8) is 0 Å². The number of para-hydroxylation sites is 1. The van der Waals surface area contributed by atoms with Crippen LogP contribution in [0.4, 0.5) is 0 Å². The molecular weight excluding hydrogens is 368 g/mol. The quantitative estimate of drug-likeness (QED) is 0.533. The number of hydrazine groups is 1. The van der Waals surface area contributed by atoms with Gasteiger partial charge in [-0.25, -0.2) is 4.98 Å². The minimum absolute atomic E-state index is 0.273. The molecule has 2 N–H and O–H groups in total. The van der Waals surface area contributed by atoms with E-state index < -0.39 is 5.91 Å². The fourth-order valence-corrected chi connectivity index (χ4v) is 4.18. The standard InChI is InChI=1S/C18H14N4O2S2/c1-22-8-13(12-4-2-3-5-15(12)22)16(23)20-21-17(24)14-10-26-18(19-14)11-6-7-25-9-11/h2-10H,1H3,(H,20,23)(H,21,24). The Morgan fingerprint density at radius 1 is 1.08 bits per heavy atom. The first-order valence-electron chi connectivity index (χ1n) is 7.76. The molecule has 0 aliphatic heterocycles. The number of hydrogen-bond acceptors (Lipinski definition) is 5. The fourth-order valence-electron chi connectivity index (χ4n) is 2.66. The largest absolute Gasteiger partial charge is 0.350 e. The summed E-state index contributed by atoms with van der Waals surface area (Å²) in [5, 5.41) is 7.21. The normalized spacial score (nSPS) is 10.8. The van der Waals surface area contributed by atoms with E-state index in [1.54, 1.807) is 22.9 Å². The van der Waals surface area contributed by atoms with Gasteiger partial charge in [-0.15, -0.1) is 11.3 Å². The Kier molecular flexibility index (Phi) is 4.27. The van der Waals surface area contributed by atoms with Crippen LogP contribution in [0.15, 0.2) is 52.7 Å². The van der Waals surface area contributed by atoms with Gasteiger partial charge in [0.1, 0.15) is 10.7 Å². The molecule has 3 aromatic heterocycles. The van der Waals surface area contributed by atoms with Crippen LogP contribution in [0, 0.1) is 0 Å². The van der Waals surface area contributed by atoms with Gasteiger partial charge in [-0.3, -0.25) is 20.4 Å². The summed E-state index contributed by atoms with van der Waals surface area (Å²) < 4.78 is 1.87. The van der Waals surface area contributed by atoms with Gasteiger partial charge in [-0.1, -0.05) is 18.2 Å². The topological polar surface area (TPSA) is 76.0 Å². The molecule has 0 bridgehead atoms. The van der Waals surface area contributed by atoms with Gasteiger partial charge in [0.05, 0.1) is 5.56 Å². The number of thiazole rings is 1. The second-order valence-corrected chi connectivity index (χ2v) is 7.27. The number of thiophene rings is 1. The average molecular weight is 382 g/mol. The van der Waals surface area contributed by atoms with Crippen molar-refractivity contribution in [3.8, 4) is 10.6 Å². The Labute approximate surface area is 157 Å². The highest BCUT2D eigenvalue weighted by Crippen LogP contribution is 2.25. The highest BCUT2D eigenvalue weighted by Gasteiger charge is 2.16. The summed E-state index contributed by atoms with van der Waals surface area (Å²) in [5.74, 6) is -0.820. The van der Waals surface area contributed by atoms with Crippen molar-refractivity contribution < 1.29 is 9.59 Å². The Morgan fingerprint density at radius 2 is 1.88 bits per heavy atom. The molecule has 0 saturated carbocycles. The first kappa shape index (κ1) is 16.5. The van der Waals surface area contributed by atoms with E-state index in [1.807, 2.05) is 52.7 Å². The SMILES string of the molecule is Cn1cc(C(=O)NNC(=O)c2csc(-c3ccsc3)n2)c2ccccc21. The Balaban J connectivity index is 1.46. The van der Waals surface area contributed by atoms with E-state index in [4.69, 9.17) is 0 Å². The van der Waals surface area contributed by atoms with E-state index >= 15 is 0 Å². The second kappa shape index (κ2) is 6.74. The number of aromatic nitrogens is 2. The van der Waals surface area contributed by atoms with Gasteiger partial charge in [-0.05, 0) is 17.5 Å². The van der Waals surface area contributed by atoms with Gasteiger partial charge in [0.2, 0.25) is 0 Å². The number of nitrogens with one attached hydrogen (secondary N) is 2. The third-order valence-corrected chi connectivity index (χ3v) is 5.51. The summed E-state index contributed by atoms with van der Waals surface area (Å²) in [6, 6.07) is 9.55. The molecule has 0 radical (unpaired) electrons. The number of fused-ring (bicyclic) bond motifs is 1. The first-order chi connectivity index (χ1) is 12.6. The highest BCUT2D eigenvalue weighted by atomic mass is 32.1. The van der Waals surface area contributed by atoms with Gasteiger partial charge in [0.25, 0.3) is 11.8 Å². The lowest BCUT2D eigenvalue weighted by Crippen LogP contribution is -2.41. The van der Waals surface area contributed by atoms with Crippen LogP contribution in [-0.4, -0.2) is 21.4 Å². The second-order valence-electron chi connectivity index (χ2n) is 5.63. The van der Waals surface area contributed by atoms with Crippen molar-refractivity contribution >= 4 is 45.4 Å². The van der Waals surface area contributed by atoms with Gasteiger partial charge in [0, 0.05) is 40.5 Å². The third-order valence-electron chi connectivity index (χ3n) is 3.94. The van der Waals surface area contributed by atoms with E-state index in [1.165, 1.54) is 11.3 Å². The van der Waals surface area contributed by atoms with Crippen molar-refractivity contribution in [1.29, 1.82) is 0 Å². The number of carbonyl (C=O) groups is 2. The maximum absolute atomic E-state index is 12.4. The zero-order valence-electron chi connectivity index (χ0n) is 13.7. The molecule has 0 unspecified atom stereocenters. The van der Waals surface area contributed by atoms with E-state index in [0.717, 1.165) is 21.5 Å². The minimum Gasteiger partial charge on any atom is -0.350 e. The molecule has 4 rings (SSSR count). The number of carbonyl (C=O) groups excluding carboxylic acids is 2. The number of benzene rings is 1. The molecule has 2 amide bonds. The Morgan fingerprint density at radius 3 is 2.69 bits per heavy atom. The predicted molar refractivity (Wildman–Crippen MR) is 103 cm³/mol.